The average molecular weight is 518 g/mol. The first-order chi connectivity index (χ1) is 10.1. The second-order valence-electron chi connectivity index (χ2n) is 4.93. The van der Waals surface area contributed by atoms with Crippen LogP contribution in [0.1, 0.15) is 30.4 Å². The van der Waals surface area contributed by atoms with Crippen LogP contribution >= 0.6 is 45.2 Å². The lowest BCUT2D eigenvalue weighted by molar-refractivity contribution is 0.0949. The maximum atomic E-state index is 5.89. The van der Waals surface area contributed by atoms with Gasteiger partial charge < -0.3 is 14.2 Å². The van der Waals surface area contributed by atoms with E-state index in [-0.39, 0.29) is 0 Å². The van der Waals surface area contributed by atoms with Crippen molar-refractivity contribution in [2.24, 2.45) is 0 Å². The molecule has 0 bridgehead atoms. The molecule has 0 radical (unpaired) electrons. The number of halogens is 2. The highest BCUT2D eigenvalue weighted by molar-refractivity contribution is 14.1. The van der Waals surface area contributed by atoms with Gasteiger partial charge in [-0.3, -0.25) is 0 Å². The van der Waals surface area contributed by atoms with Gasteiger partial charge in [0.1, 0.15) is 12.4 Å². The van der Waals surface area contributed by atoms with Crippen molar-refractivity contribution >= 4 is 45.2 Å². The molecule has 0 heterocycles. The van der Waals surface area contributed by atoms with Crippen molar-refractivity contribution < 1.29 is 14.2 Å². The summed E-state index contributed by atoms with van der Waals surface area (Å²) in [4.78, 5) is 0. The third kappa shape index (κ3) is 7.00. The summed E-state index contributed by atoms with van der Waals surface area (Å²) in [7, 11) is 1.74. The minimum absolute atomic E-state index is 0.606. The van der Waals surface area contributed by atoms with Crippen molar-refractivity contribution in [3.63, 3.8) is 0 Å². The first kappa shape index (κ1) is 19.4. The fourth-order valence-electron chi connectivity index (χ4n) is 1.92. The third-order valence-corrected chi connectivity index (χ3v) is 5.26. The number of rotatable bonds is 10. The molecule has 0 aliphatic rings. The number of unbranched alkanes of at least 4 members (excludes halogenated alkanes) is 2. The minimum Gasteiger partial charge on any atom is -0.490 e. The lowest BCUT2D eigenvalue weighted by Crippen LogP contribution is -2.10. The van der Waals surface area contributed by atoms with Crippen molar-refractivity contribution in [2.45, 2.75) is 33.1 Å². The van der Waals surface area contributed by atoms with E-state index in [1.54, 1.807) is 7.11 Å². The van der Waals surface area contributed by atoms with Gasteiger partial charge in [-0.15, -0.1) is 0 Å². The van der Waals surface area contributed by atoms with Gasteiger partial charge in [0.25, 0.3) is 0 Å². The molecule has 0 atom stereocenters. The van der Waals surface area contributed by atoms with E-state index in [1.165, 1.54) is 18.3 Å². The van der Waals surface area contributed by atoms with Gasteiger partial charge in [-0.05, 0) is 95.5 Å². The molecular weight excluding hydrogens is 494 g/mol. The number of benzene rings is 1. The van der Waals surface area contributed by atoms with Crippen molar-refractivity contribution in [1.82, 2.24) is 0 Å². The predicted molar refractivity (Wildman–Crippen MR) is 103 cm³/mol. The Morgan fingerprint density at radius 3 is 2.29 bits per heavy atom. The maximum absolute atomic E-state index is 5.89. The molecule has 0 aliphatic heterocycles. The number of hydrogen-bond acceptors (Lipinski definition) is 3. The quantitative estimate of drug-likeness (QED) is 0.332. The molecule has 1 aromatic rings. The van der Waals surface area contributed by atoms with Crippen LogP contribution in [-0.4, -0.2) is 33.5 Å². The normalized spacial score (nSPS) is 10.9. The Morgan fingerprint density at radius 2 is 1.57 bits per heavy atom. The van der Waals surface area contributed by atoms with E-state index in [0.717, 1.165) is 38.2 Å². The molecule has 0 saturated heterocycles. The van der Waals surface area contributed by atoms with Crippen LogP contribution in [0, 0.1) is 21.0 Å². The topological polar surface area (TPSA) is 27.7 Å². The van der Waals surface area contributed by atoms with Gasteiger partial charge in [0.05, 0.1) is 10.2 Å². The van der Waals surface area contributed by atoms with Crippen molar-refractivity contribution in [2.75, 3.05) is 33.5 Å². The molecule has 0 saturated carbocycles. The average Bonchev–Trinajstić information content (AvgIpc) is 2.46. The van der Waals surface area contributed by atoms with Crippen LogP contribution < -0.4 is 4.74 Å². The standard InChI is InChI=1S/C16H24I2O3/c1-12-13(2)16(15(18)11-14(12)17)21-10-9-20-8-6-4-5-7-19-3/h11H,4-10H2,1-3H3. The molecule has 5 heteroatoms. The van der Waals surface area contributed by atoms with Gasteiger partial charge >= 0.3 is 0 Å². The van der Waals surface area contributed by atoms with Crippen molar-refractivity contribution in [1.29, 1.82) is 0 Å². The van der Waals surface area contributed by atoms with Crippen LogP contribution in [0.4, 0.5) is 0 Å². The number of hydrogen-bond donors (Lipinski definition) is 0. The second-order valence-corrected chi connectivity index (χ2v) is 7.26. The molecular formula is C16H24I2O3. The molecule has 21 heavy (non-hydrogen) atoms. The second kappa shape index (κ2) is 11.0. The van der Waals surface area contributed by atoms with E-state index in [9.17, 15) is 0 Å². The Balaban J connectivity index is 2.23. The van der Waals surface area contributed by atoms with Crippen LogP contribution in [0.2, 0.25) is 0 Å². The van der Waals surface area contributed by atoms with Gasteiger partial charge in [0.2, 0.25) is 0 Å². The SMILES string of the molecule is COCCCCCOCCOc1c(I)cc(I)c(C)c1C. The number of methoxy groups -OCH3 is 1. The molecule has 1 aromatic carbocycles. The van der Waals surface area contributed by atoms with Gasteiger partial charge in [0, 0.05) is 23.9 Å². The van der Waals surface area contributed by atoms with Crippen LogP contribution in [0.3, 0.4) is 0 Å². The summed E-state index contributed by atoms with van der Waals surface area (Å²) < 4.78 is 19.0. The fraction of sp³-hybridized carbons (Fsp3) is 0.625. The molecule has 0 fully saturated rings. The largest absolute Gasteiger partial charge is 0.490 e. The minimum atomic E-state index is 0.606. The fourth-order valence-corrected chi connectivity index (χ4v) is 4.11. The molecule has 0 aliphatic carbocycles. The van der Waals surface area contributed by atoms with E-state index in [2.05, 4.69) is 65.1 Å². The van der Waals surface area contributed by atoms with E-state index >= 15 is 0 Å². The van der Waals surface area contributed by atoms with Gasteiger partial charge in [0.15, 0.2) is 0 Å². The van der Waals surface area contributed by atoms with E-state index in [4.69, 9.17) is 14.2 Å². The summed E-state index contributed by atoms with van der Waals surface area (Å²) in [6, 6.07) is 2.16. The molecule has 1 rings (SSSR count). The molecule has 0 amide bonds. The summed E-state index contributed by atoms with van der Waals surface area (Å²) in [5.74, 6) is 0.997. The zero-order valence-corrected chi connectivity index (χ0v) is 17.3. The highest BCUT2D eigenvalue weighted by Gasteiger charge is 2.10. The van der Waals surface area contributed by atoms with Crippen LogP contribution in [0.5, 0.6) is 5.75 Å². The molecule has 0 aromatic heterocycles. The van der Waals surface area contributed by atoms with Crippen LogP contribution in [0.15, 0.2) is 6.07 Å². The third-order valence-electron chi connectivity index (χ3n) is 3.34. The molecule has 0 unspecified atom stereocenters. The highest BCUT2D eigenvalue weighted by atomic mass is 127. The van der Waals surface area contributed by atoms with Crippen LogP contribution in [0.25, 0.3) is 0 Å². The monoisotopic (exact) mass is 518 g/mol. The van der Waals surface area contributed by atoms with E-state index < -0.39 is 0 Å². The summed E-state index contributed by atoms with van der Waals surface area (Å²) >= 11 is 4.70. The predicted octanol–water partition coefficient (Wildman–Crippen LogP) is 4.72. The Bertz CT molecular complexity index is 436. The lowest BCUT2D eigenvalue weighted by atomic mass is 10.1. The first-order valence-electron chi connectivity index (χ1n) is 7.22. The summed E-state index contributed by atoms with van der Waals surface area (Å²) in [6.07, 6.45) is 3.35. The first-order valence-corrected chi connectivity index (χ1v) is 9.38. The van der Waals surface area contributed by atoms with Crippen LogP contribution in [-0.2, 0) is 9.47 Å². The Kier molecular flexibility index (Phi) is 10.2. The Labute approximate surface area is 155 Å². The Hall–Kier alpha value is 0.400. The van der Waals surface area contributed by atoms with Gasteiger partial charge in [-0.25, -0.2) is 0 Å². The van der Waals surface area contributed by atoms with Crippen molar-refractivity contribution in [3.05, 3.63) is 24.3 Å². The molecule has 0 spiro atoms. The summed E-state index contributed by atoms with van der Waals surface area (Å²) in [6.45, 7) is 7.14. The highest BCUT2D eigenvalue weighted by Crippen LogP contribution is 2.31. The molecule has 120 valence electrons. The lowest BCUT2D eigenvalue weighted by Gasteiger charge is -2.14. The number of ether oxygens (including phenoxy) is 3. The van der Waals surface area contributed by atoms with Crippen molar-refractivity contribution in [3.8, 4) is 5.75 Å². The zero-order valence-electron chi connectivity index (χ0n) is 13.0. The van der Waals surface area contributed by atoms with Gasteiger partial charge in [-0.1, -0.05) is 0 Å². The Morgan fingerprint density at radius 1 is 0.857 bits per heavy atom. The van der Waals surface area contributed by atoms with E-state index in [0.29, 0.717) is 13.2 Å². The van der Waals surface area contributed by atoms with Gasteiger partial charge in [-0.2, -0.15) is 0 Å². The molecule has 0 N–H and O–H groups in total. The molecule has 3 nitrogen and oxygen atoms in total. The summed E-state index contributed by atoms with van der Waals surface area (Å²) in [5.41, 5.74) is 2.52. The summed E-state index contributed by atoms with van der Waals surface area (Å²) in [5, 5.41) is 0. The smallest absolute Gasteiger partial charge is 0.135 e. The van der Waals surface area contributed by atoms with E-state index in [1.807, 2.05) is 0 Å². The maximum Gasteiger partial charge on any atom is 0.135 e. The zero-order chi connectivity index (χ0) is 15.7.